The van der Waals surface area contributed by atoms with Crippen LogP contribution < -0.4 is 4.74 Å². The second kappa shape index (κ2) is 7.03. The maximum atomic E-state index is 13.6. The fourth-order valence-corrected chi connectivity index (χ4v) is 2.70. The van der Waals surface area contributed by atoms with Crippen molar-refractivity contribution in [2.45, 2.75) is 6.10 Å². The average Bonchev–Trinajstić information content (AvgIpc) is 3.32. The number of halogens is 2. The lowest BCUT2D eigenvalue weighted by Gasteiger charge is -2.16. The first kappa shape index (κ1) is 17.0. The van der Waals surface area contributed by atoms with Gasteiger partial charge < -0.3 is 13.7 Å². The SMILES string of the molecule is Cn1cccc1-c1nnc(C(Oc2ccc(F)c(F)c2)c2ccccc2)o1. The van der Waals surface area contributed by atoms with E-state index in [2.05, 4.69) is 10.2 Å². The number of aromatic nitrogens is 3. The van der Waals surface area contributed by atoms with Crippen LogP contribution >= 0.6 is 0 Å². The van der Waals surface area contributed by atoms with Gasteiger partial charge in [-0.3, -0.25) is 0 Å². The predicted molar refractivity (Wildman–Crippen MR) is 94.0 cm³/mol. The molecule has 5 nitrogen and oxygen atoms in total. The summed E-state index contributed by atoms with van der Waals surface area (Å²) in [6, 6.07) is 16.3. The van der Waals surface area contributed by atoms with Gasteiger partial charge in [-0.2, -0.15) is 0 Å². The molecular weight excluding hydrogens is 352 g/mol. The fourth-order valence-electron chi connectivity index (χ4n) is 2.70. The number of hydrogen-bond donors (Lipinski definition) is 0. The van der Waals surface area contributed by atoms with Crippen LogP contribution in [-0.4, -0.2) is 14.8 Å². The second-order valence-corrected chi connectivity index (χ2v) is 5.93. The van der Waals surface area contributed by atoms with E-state index in [1.165, 1.54) is 6.07 Å². The van der Waals surface area contributed by atoms with Gasteiger partial charge in [0.2, 0.25) is 6.10 Å². The van der Waals surface area contributed by atoms with Crippen molar-refractivity contribution < 1.29 is 17.9 Å². The highest BCUT2D eigenvalue weighted by Crippen LogP contribution is 2.30. The minimum absolute atomic E-state index is 0.154. The summed E-state index contributed by atoms with van der Waals surface area (Å²) in [5.74, 6) is -1.23. The molecule has 4 rings (SSSR count). The van der Waals surface area contributed by atoms with Crippen LogP contribution in [0.4, 0.5) is 8.78 Å². The number of benzene rings is 2. The van der Waals surface area contributed by atoms with Gasteiger partial charge in [0.1, 0.15) is 11.4 Å². The molecule has 2 heterocycles. The second-order valence-electron chi connectivity index (χ2n) is 5.93. The van der Waals surface area contributed by atoms with E-state index in [0.29, 0.717) is 5.89 Å². The summed E-state index contributed by atoms with van der Waals surface area (Å²) < 4.78 is 40.3. The van der Waals surface area contributed by atoms with E-state index in [4.69, 9.17) is 9.15 Å². The van der Waals surface area contributed by atoms with Crippen LogP contribution in [0.1, 0.15) is 17.6 Å². The first-order valence-corrected chi connectivity index (χ1v) is 8.23. The Hall–Kier alpha value is -3.48. The van der Waals surface area contributed by atoms with Gasteiger partial charge in [0.05, 0.1) is 0 Å². The van der Waals surface area contributed by atoms with E-state index < -0.39 is 17.7 Å². The standard InChI is InChI=1S/C20H15F2N3O2/c1-25-11-5-8-17(25)19-23-24-20(27-19)18(13-6-3-2-4-7-13)26-14-9-10-15(21)16(22)12-14/h2-12,18H,1H3. The van der Waals surface area contributed by atoms with Crippen molar-refractivity contribution in [1.29, 1.82) is 0 Å². The number of rotatable bonds is 5. The zero-order valence-electron chi connectivity index (χ0n) is 14.3. The van der Waals surface area contributed by atoms with Gasteiger partial charge in [-0.25, -0.2) is 8.78 Å². The molecule has 0 saturated heterocycles. The Labute approximate surface area is 153 Å². The predicted octanol–water partition coefficient (Wildman–Crippen LogP) is 4.52. The summed E-state index contributed by atoms with van der Waals surface area (Å²) >= 11 is 0. The molecule has 0 saturated carbocycles. The van der Waals surface area contributed by atoms with Gasteiger partial charge in [0.15, 0.2) is 11.6 Å². The Morgan fingerprint density at radius 2 is 1.78 bits per heavy atom. The fraction of sp³-hybridized carbons (Fsp3) is 0.100. The molecule has 136 valence electrons. The van der Waals surface area contributed by atoms with E-state index in [-0.39, 0.29) is 11.6 Å². The first-order valence-electron chi connectivity index (χ1n) is 8.23. The normalized spacial score (nSPS) is 12.1. The molecule has 0 aliphatic heterocycles. The van der Waals surface area contributed by atoms with E-state index in [9.17, 15) is 8.78 Å². The topological polar surface area (TPSA) is 53.1 Å². The Kier molecular flexibility index (Phi) is 4.42. The van der Waals surface area contributed by atoms with Crippen LogP contribution in [-0.2, 0) is 7.05 Å². The van der Waals surface area contributed by atoms with Gasteiger partial charge in [-0.05, 0) is 24.3 Å². The molecule has 2 aromatic heterocycles. The number of aryl methyl sites for hydroxylation is 1. The van der Waals surface area contributed by atoms with Crippen LogP contribution in [0.5, 0.6) is 5.75 Å². The third-order valence-corrected chi connectivity index (χ3v) is 4.08. The summed E-state index contributed by atoms with van der Waals surface area (Å²) in [6.45, 7) is 0. The number of nitrogens with zero attached hydrogens (tertiary/aromatic N) is 3. The van der Waals surface area contributed by atoms with E-state index in [0.717, 1.165) is 23.4 Å². The van der Waals surface area contributed by atoms with Crippen LogP contribution in [0.15, 0.2) is 71.3 Å². The van der Waals surface area contributed by atoms with Crippen LogP contribution in [0.2, 0.25) is 0 Å². The molecule has 0 spiro atoms. The highest BCUT2D eigenvalue weighted by molar-refractivity contribution is 5.47. The monoisotopic (exact) mass is 367 g/mol. The van der Waals surface area contributed by atoms with Crippen LogP contribution in [0, 0.1) is 11.6 Å². The van der Waals surface area contributed by atoms with E-state index >= 15 is 0 Å². The lowest BCUT2D eigenvalue weighted by atomic mass is 10.1. The molecule has 0 radical (unpaired) electrons. The maximum Gasteiger partial charge on any atom is 0.264 e. The Morgan fingerprint density at radius 1 is 0.963 bits per heavy atom. The first-order chi connectivity index (χ1) is 13.1. The smallest absolute Gasteiger partial charge is 0.264 e. The van der Waals surface area contributed by atoms with Crippen molar-refractivity contribution >= 4 is 0 Å². The summed E-state index contributed by atoms with van der Waals surface area (Å²) in [5, 5.41) is 8.19. The summed E-state index contributed by atoms with van der Waals surface area (Å²) in [5.41, 5.74) is 1.50. The highest BCUT2D eigenvalue weighted by atomic mass is 19.2. The Balaban J connectivity index is 1.71. The molecule has 7 heteroatoms. The summed E-state index contributed by atoms with van der Waals surface area (Å²) in [4.78, 5) is 0. The zero-order chi connectivity index (χ0) is 18.8. The van der Waals surface area contributed by atoms with Crippen LogP contribution in [0.25, 0.3) is 11.6 Å². The van der Waals surface area contributed by atoms with Gasteiger partial charge >= 0.3 is 0 Å². The zero-order valence-corrected chi connectivity index (χ0v) is 14.3. The molecule has 1 unspecified atom stereocenters. The van der Waals surface area contributed by atoms with Gasteiger partial charge in [-0.15, -0.1) is 10.2 Å². The summed E-state index contributed by atoms with van der Waals surface area (Å²) in [7, 11) is 1.87. The third-order valence-electron chi connectivity index (χ3n) is 4.08. The highest BCUT2D eigenvalue weighted by Gasteiger charge is 2.24. The largest absolute Gasteiger partial charge is 0.476 e. The van der Waals surface area contributed by atoms with Crippen molar-refractivity contribution in [3.8, 4) is 17.3 Å². The maximum absolute atomic E-state index is 13.6. The lowest BCUT2D eigenvalue weighted by Crippen LogP contribution is -2.10. The van der Waals surface area contributed by atoms with Gasteiger partial charge in [0.25, 0.3) is 11.8 Å². The Morgan fingerprint density at radius 3 is 2.48 bits per heavy atom. The summed E-state index contributed by atoms with van der Waals surface area (Å²) in [6.07, 6.45) is 1.10. The Bertz CT molecular complexity index is 1060. The van der Waals surface area contributed by atoms with Crippen molar-refractivity contribution in [2.75, 3.05) is 0 Å². The van der Waals surface area contributed by atoms with E-state index in [1.807, 2.05) is 60.3 Å². The third kappa shape index (κ3) is 3.44. The molecule has 0 amide bonds. The molecule has 0 N–H and O–H groups in total. The molecular formula is C20H15F2N3O2. The molecule has 1 atom stereocenters. The van der Waals surface area contributed by atoms with Crippen molar-refractivity contribution in [3.63, 3.8) is 0 Å². The molecule has 0 aliphatic rings. The number of ether oxygens (including phenoxy) is 1. The van der Waals surface area contributed by atoms with E-state index in [1.54, 1.807) is 0 Å². The van der Waals surface area contributed by atoms with Crippen molar-refractivity contribution in [2.24, 2.45) is 7.05 Å². The average molecular weight is 367 g/mol. The quantitative estimate of drug-likeness (QED) is 0.520. The number of hydrogen-bond acceptors (Lipinski definition) is 4. The molecule has 0 fully saturated rings. The minimum Gasteiger partial charge on any atom is -0.476 e. The van der Waals surface area contributed by atoms with Crippen molar-refractivity contribution in [3.05, 3.63) is 89.9 Å². The van der Waals surface area contributed by atoms with Crippen LogP contribution in [0.3, 0.4) is 0 Å². The minimum atomic E-state index is -0.991. The van der Waals surface area contributed by atoms with Crippen molar-refractivity contribution in [1.82, 2.24) is 14.8 Å². The molecule has 0 aliphatic carbocycles. The molecule has 27 heavy (non-hydrogen) atoms. The molecule has 0 bridgehead atoms. The molecule has 4 aromatic rings. The van der Waals surface area contributed by atoms with Gasteiger partial charge in [-0.1, -0.05) is 30.3 Å². The molecule has 2 aromatic carbocycles. The van der Waals surface area contributed by atoms with Gasteiger partial charge in [0, 0.05) is 24.9 Å². The lowest BCUT2D eigenvalue weighted by molar-refractivity contribution is 0.207.